The summed E-state index contributed by atoms with van der Waals surface area (Å²) in [4.78, 5) is 4.57. The Labute approximate surface area is 163 Å². The molecule has 0 saturated heterocycles. The molecule has 0 fully saturated rings. The van der Waals surface area contributed by atoms with Crippen LogP contribution in [0.3, 0.4) is 0 Å². The summed E-state index contributed by atoms with van der Waals surface area (Å²) >= 11 is 0. The van der Waals surface area contributed by atoms with Crippen molar-refractivity contribution in [2.24, 2.45) is 5.10 Å². The van der Waals surface area contributed by atoms with Gasteiger partial charge in [-0.05, 0) is 31.2 Å². The van der Waals surface area contributed by atoms with Gasteiger partial charge in [0.1, 0.15) is 11.3 Å². The maximum Gasteiger partial charge on any atom is 0.203 e. The van der Waals surface area contributed by atoms with Crippen LogP contribution in [-0.2, 0) is 0 Å². The Kier molecular flexibility index (Phi) is 5.84. The number of hydrazone groups is 1. The van der Waals surface area contributed by atoms with Crippen molar-refractivity contribution in [2.45, 2.75) is 6.92 Å². The summed E-state index contributed by atoms with van der Waals surface area (Å²) in [7, 11) is 6.36. The first-order valence-electron chi connectivity index (χ1n) is 8.64. The molecule has 0 atom stereocenters. The Morgan fingerprint density at radius 3 is 2.18 bits per heavy atom. The number of aryl methyl sites for hydroxylation is 1. The van der Waals surface area contributed by atoms with Gasteiger partial charge in [0.05, 0.1) is 40.3 Å². The van der Waals surface area contributed by atoms with E-state index < -0.39 is 0 Å². The van der Waals surface area contributed by atoms with E-state index in [4.69, 9.17) is 18.9 Å². The molecule has 0 radical (unpaired) electrons. The van der Waals surface area contributed by atoms with E-state index in [9.17, 15) is 0 Å². The van der Waals surface area contributed by atoms with Gasteiger partial charge in [-0.2, -0.15) is 5.10 Å². The molecule has 0 spiro atoms. The van der Waals surface area contributed by atoms with Crippen LogP contribution in [0.5, 0.6) is 23.0 Å². The number of anilines is 1. The number of benzene rings is 2. The smallest absolute Gasteiger partial charge is 0.203 e. The Bertz CT molecular complexity index is 993. The Hall–Kier alpha value is -3.48. The van der Waals surface area contributed by atoms with Crippen LogP contribution in [0.1, 0.15) is 11.3 Å². The Balaban J connectivity index is 1.93. The number of aromatic nitrogens is 1. The molecule has 0 bridgehead atoms. The summed E-state index contributed by atoms with van der Waals surface area (Å²) in [6.45, 7) is 1.93. The molecule has 3 aromatic rings. The number of rotatable bonds is 7. The highest BCUT2D eigenvalue weighted by molar-refractivity contribution is 5.95. The Morgan fingerprint density at radius 1 is 0.893 bits per heavy atom. The third-order valence-electron chi connectivity index (χ3n) is 4.24. The van der Waals surface area contributed by atoms with E-state index in [0.29, 0.717) is 17.2 Å². The standard InChI is InChI=1S/C21H23N3O4/c1-13-9-16(15-7-6-8-17(25-2)20(15)23-13)24-22-12-14-10-18(26-3)21(28-5)19(11-14)27-4/h6-12H,1-5H3,(H,23,24)/b22-12+. The van der Waals surface area contributed by atoms with Gasteiger partial charge in [0.2, 0.25) is 5.75 Å². The maximum atomic E-state index is 5.42. The molecule has 7 nitrogen and oxygen atoms in total. The van der Waals surface area contributed by atoms with E-state index in [1.807, 2.05) is 43.3 Å². The fourth-order valence-corrected chi connectivity index (χ4v) is 2.96. The van der Waals surface area contributed by atoms with Crippen LogP contribution in [0.15, 0.2) is 41.5 Å². The first kappa shape index (κ1) is 19.3. The fourth-order valence-electron chi connectivity index (χ4n) is 2.96. The third-order valence-corrected chi connectivity index (χ3v) is 4.24. The lowest BCUT2D eigenvalue weighted by atomic mass is 10.1. The molecule has 0 aliphatic carbocycles. The zero-order chi connectivity index (χ0) is 20.1. The van der Waals surface area contributed by atoms with Gasteiger partial charge in [-0.1, -0.05) is 12.1 Å². The molecule has 28 heavy (non-hydrogen) atoms. The normalized spacial score (nSPS) is 10.9. The highest BCUT2D eigenvalue weighted by Crippen LogP contribution is 2.37. The van der Waals surface area contributed by atoms with Gasteiger partial charge in [-0.15, -0.1) is 0 Å². The molecule has 146 valence electrons. The molecular formula is C21H23N3O4. The van der Waals surface area contributed by atoms with Crippen molar-refractivity contribution in [3.63, 3.8) is 0 Å². The number of methoxy groups -OCH3 is 4. The number of nitrogens with zero attached hydrogens (tertiary/aromatic N) is 2. The summed E-state index contributed by atoms with van der Waals surface area (Å²) in [5, 5.41) is 5.29. The van der Waals surface area contributed by atoms with Gasteiger partial charge in [0, 0.05) is 16.6 Å². The first-order chi connectivity index (χ1) is 13.6. The number of ether oxygens (including phenoxy) is 4. The number of fused-ring (bicyclic) bond motifs is 1. The van der Waals surface area contributed by atoms with Crippen molar-refractivity contribution >= 4 is 22.8 Å². The van der Waals surface area contributed by atoms with E-state index in [1.54, 1.807) is 34.7 Å². The van der Waals surface area contributed by atoms with Crippen LogP contribution >= 0.6 is 0 Å². The zero-order valence-corrected chi connectivity index (χ0v) is 16.6. The summed E-state index contributed by atoms with van der Waals surface area (Å²) in [5.41, 5.74) is 6.38. The predicted octanol–water partition coefficient (Wildman–Crippen LogP) is 4.02. The quantitative estimate of drug-likeness (QED) is 0.492. The minimum absolute atomic E-state index is 0.540. The monoisotopic (exact) mass is 381 g/mol. The molecular weight excluding hydrogens is 358 g/mol. The van der Waals surface area contributed by atoms with Gasteiger partial charge in [0.25, 0.3) is 0 Å². The summed E-state index contributed by atoms with van der Waals surface area (Å²) in [6, 6.07) is 11.4. The topological polar surface area (TPSA) is 74.2 Å². The predicted molar refractivity (Wildman–Crippen MR) is 110 cm³/mol. The number of pyridine rings is 1. The van der Waals surface area contributed by atoms with E-state index in [-0.39, 0.29) is 0 Å². The van der Waals surface area contributed by atoms with Crippen LogP contribution < -0.4 is 24.4 Å². The molecule has 0 aliphatic heterocycles. The molecule has 1 N–H and O–H groups in total. The summed E-state index contributed by atoms with van der Waals surface area (Å²) in [6.07, 6.45) is 1.69. The second-order valence-electron chi connectivity index (χ2n) is 6.00. The van der Waals surface area contributed by atoms with Crippen molar-refractivity contribution in [3.05, 3.63) is 47.7 Å². The summed E-state index contributed by atoms with van der Waals surface area (Å²) < 4.78 is 21.5. The average Bonchev–Trinajstić information content (AvgIpc) is 2.72. The Morgan fingerprint density at radius 2 is 1.57 bits per heavy atom. The lowest BCUT2D eigenvalue weighted by Gasteiger charge is -2.13. The zero-order valence-electron chi connectivity index (χ0n) is 16.6. The van der Waals surface area contributed by atoms with Gasteiger partial charge in [-0.25, -0.2) is 4.98 Å². The maximum absolute atomic E-state index is 5.42. The van der Waals surface area contributed by atoms with Crippen molar-refractivity contribution in [1.29, 1.82) is 0 Å². The van der Waals surface area contributed by atoms with E-state index in [0.717, 1.165) is 33.6 Å². The van der Waals surface area contributed by atoms with Crippen molar-refractivity contribution in [2.75, 3.05) is 33.9 Å². The second-order valence-corrected chi connectivity index (χ2v) is 6.00. The first-order valence-corrected chi connectivity index (χ1v) is 8.64. The van der Waals surface area contributed by atoms with Crippen molar-refractivity contribution in [1.82, 2.24) is 4.98 Å². The lowest BCUT2D eigenvalue weighted by Crippen LogP contribution is -1.98. The molecule has 0 saturated carbocycles. The van der Waals surface area contributed by atoms with Gasteiger partial charge >= 0.3 is 0 Å². The molecule has 1 heterocycles. The SMILES string of the molecule is COc1cc(/C=N/Nc2cc(C)nc3c(OC)cccc23)cc(OC)c1OC. The molecule has 1 aromatic heterocycles. The van der Waals surface area contributed by atoms with E-state index in [2.05, 4.69) is 15.5 Å². The minimum Gasteiger partial charge on any atom is -0.494 e. The number of hydrogen-bond acceptors (Lipinski definition) is 7. The number of hydrogen-bond donors (Lipinski definition) is 1. The van der Waals surface area contributed by atoms with Gasteiger partial charge < -0.3 is 18.9 Å². The highest BCUT2D eigenvalue weighted by atomic mass is 16.5. The van der Waals surface area contributed by atoms with Crippen LogP contribution in [0, 0.1) is 6.92 Å². The van der Waals surface area contributed by atoms with Crippen molar-refractivity contribution in [3.8, 4) is 23.0 Å². The van der Waals surface area contributed by atoms with Crippen molar-refractivity contribution < 1.29 is 18.9 Å². The third kappa shape index (κ3) is 3.78. The molecule has 2 aromatic carbocycles. The van der Waals surface area contributed by atoms with E-state index >= 15 is 0 Å². The summed E-state index contributed by atoms with van der Waals surface area (Å²) in [5.74, 6) is 2.40. The molecule has 0 amide bonds. The van der Waals surface area contributed by atoms with Crippen LogP contribution in [0.25, 0.3) is 10.9 Å². The largest absolute Gasteiger partial charge is 0.494 e. The highest BCUT2D eigenvalue weighted by Gasteiger charge is 2.12. The van der Waals surface area contributed by atoms with Crippen LogP contribution in [0.4, 0.5) is 5.69 Å². The van der Waals surface area contributed by atoms with Crippen LogP contribution in [0.2, 0.25) is 0 Å². The van der Waals surface area contributed by atoms with E-state index in [1.165, 1.54) is 0 Å². The molecule has 3 rings (SSSR count). The second kappa shape index (κ2) is 8.47. The molecule has 0 aliphatic rings. The number of nitrogens with one attached hydrogen (secondary N) is 1. The van der Waals surface area contributed by atoms with Crippen LogP contribution in [-0.4, -0.2) is 39.6 Å². The molecule has 7 heteroatoms. The average molecular weight is 381 g/mol. The molecule has 0 unspecified atom stereocenters. The van der Waals surface area contributed by atoms with Gasteiger partial charge in [0.15, 0.2) is 11.5 Å². The fraction of sp³-hybridized carbons (Fsp3) is 0.238. The number of para-hydroxylation sites is 1. The minimum atomic E-state index is 0.540. The van der Waals surface area contributed by atoms with Gasteiger partial charge in [-0.3, -0.25) is 5.43 Å². The lowest BCUT2D eigenvalue weighted by molar-refractivity contribution is 0.324.